The van der Waals surface area contributed by atoms with Crippen LogP contribution in [0.3, 0.4) is 0 Å². The molecule has 1 N–H and O–H groups in total. The minimum atomic E-state index is -3.46. The number of rotatable bonds is 12. The molecule has 1 aliphatic rings. The van der Waals surface area contributed by atoms with E-state index in [2.05, 4.69) is 23.2 Å². The fourth-order valence-corrected chi connectivity index (χ4v) is 6.17. The Kier molecular flexibility index (Phi) is 9.84. The Morgan fingerprint density at radius 3 is 2.58 bits per heavy atom. The maximum Gasteiger partial charge on any atom is 0.251 e. The van der Waals surface area contributed by atoms with Crippen molar-refractivity contribution in [3.05, 3.63) is 95.6 Å². The van der Waals surface area contributed by atoms with E-state index in [0.29, 0.717) is 37.4 Å². The Morgan fingerprint density at radius 2 is 1.85 bits per heavy atom. The van der Waals surface area contributed by atoms with Gasteiger partial charge < -0.3 is 14.8 Å². The molecule has 1 heterocycles. The highest BCUT2D eigenvalue weighted by molar-refractivity contribution is 7.92. The number of nitrogens with one attached hydrogen (secondary N) is 1. The summed E-state index contributed by atoms with van der Waals surface area (Å²) in [6, 6.07) is 24.6. The second kappa shape index (κ2) is 13.3. The largest absolute Gasteiger partial charge is 0.497 e. The quantitative estimate of drug-likeness (QED) is 0.345. The Balaban J connectivity index is 1.52. The highest BCUT2D eigenvalue weighted by Crippen LogP contribution is 2.28. The van der Waals surface area contributed by atoms with Crippen LogP contribution in [0.5, 0.6) is 5.75 Å². The molecule has 0 bridgehead atoms. The fourth-order valence-electron chi connectivity index (χ4n) is 4.95. The SMILES string of the molecule is CCCS(=O)(=O)N(C)c1cccc(C(=O)N[C@@H](Cc2ccccc2)[C@H]2CN([C@@H](C)c3cccc(OC)c3)CO2)c1. The van der Waals surface area contributed by atoms with E-state index >= 15 is 0 Å². The molecule has 1 amide bonds. The molecule has 3 atom stereocenters. The third kappa shape index (κ3) is 7.21. The van der Waals surface area contributed by atoms with E-state index in [9.17, 15) is 13.2 Å². The van der Waals surface area contributed by atoms with Crippen LogP contribution < -0.4 is 14.4 Å². The van der Waals surface area contributed by atoms with Crippen LogP contribution in [0.1, 0.15) is 47.8 Å². The molecule has 0 radical (unpaired) electrons. The van der Waals surface area contributed by atoms with Crippen molar-refractivity contribution in [3.63, 3.8) is 0 Å². The number of anilines is 1. The van der Waals surface area contributed by atoms with Crippen LogP contribution in [0, 0.1) is 0 Å². The standard InChI is InChI=1S/C31H39N3O5S/c1-5-17-40(36,37)33(3)27-15-9-14-26(19-27)31(35)32-29(18-24-11-7-6-8-12-24)30-21-34(22-39-30)23(2)25-13-10-16-28(20-25)38-4/h6-16,19-20,23,29-30H,5,17-18,21-22H2,1-4H3,(H,32,35)/t23-,29-,30+/m0/s1. The van der Waals surface area contributed by atoms with Gasteiger partial charge in [-0.1, -0.05) is 55.5 Å². The molecule has 9 heteroatoms. The van der Waals surface area contributed by atoms with E-state index in [1.165, 1.54) is 11.4 Å². The third-order valence-corrected chi connectivity index (χ3v) is 9.38. The van der Waals surface area contributed by atoms with Crippen LogP contribution in [0.2, 0.25) is 0 Å². The Labute approximate surface area is 238 Å². The smallest absolute Gasteiger partial charge is 0.251 e. The number of benzene rings is 3. The minimum Gasteiger partial charge on any atom is -0.497 e. The molecule has 3 aromatic carbocycles. The molecule has 8 nitrogen and oxygen atoms in total. The van der Waals surface area contributed by atoms with E-state index in [0.717, 1.165) is 16.9 Å². The van der Waals surface area contributed by atoms with Crippen molar-refractivity contribution >= 4 is 21.6 Å². The van der Waals surface area contributed by atoms with Crippen molar-refractivity contribution in [3.8, 4) is 5.75 Å². The second-order valence-corrected chi connectivity index (χ2v) is 12.3. The van der Waals surface area contributed by atoms with Gasteiger partial charge in [-0.3, -0.25) is 14.0 Å². The van der Waals surface area contributed by atoms with Crippen LogP contribution in [-0.2, 0) is 21.2 Å². The molecule has 40 heavy (non-hydrogen) atoms. The maximum atomic E-state index is 13.5. The van der Waals surface area contributed by atoms with Gasteiger partial charge in [0, 0.05) is 25.2 Å². The summed E-state index contributed by atoms with van der Waals surface area (Å²) < 4.78 is 38.1. The molecule has 0 aromatic heterocycles. The molecule has 0 unspecified atom stereocenters. The van der Waals surface area contributed by atoms with Gasteiger partial charge in [0.05, 0.1) is 30.7 Å². The maximum absolute atomic E-state index is 13.5. The number of sulfonamides is 1. The van der Waals surface area contributed by atoms with Gasteiger partial charge >= 0.3 is 0 Å². The number of nitrogens with zero attached hydrogens (tertiary/aromatic N) is 2. The van der Waals surface area contributed by atoms with Gasteiger partial charge in [0.1, 0.15) is 12.5 Å². The first-order valence-electron chi connectivity index (χ1n) is 13.6. The molecule has 0 saturated carbocycles. The molecule has 214 valence electrons. The summed E-state index contributed by atoms with van der Waals surface area (Å²) in [4.78, 5) is 15.7. The summed E-state index contributed by atoms with van der Waals surface area (Å²) >= 11 is 0. The van der Waals surface area contributed by atoms with Crippen LogP contribution >= 0.6 is 0 Å². The lowest BCUT2D eigenvalue weighted by Gasteiger charge is -2.26. The Bertz CT molecular complexity index is 1380. The van der Waals surface area contributed by atoms with Gasteiger partial charge in [-0.15, -0.1) is 0 Å². The molecule has 1 saturated heterocycles. The van der Waals surface area contributed by atoms with Gasteiger partial charge in [-0.25, -0.2) is 8.42 Å². The van der Waals surface area contributed by atoms with Gasteiger partial charge in [-0.05, 0) is 61.2 Å². The van der Waals surface area contributed by atoms with Crippen molar-refractivity contribution in [2.45, 2.75) is 44.9 Å². The van der Waals surface area contributed by atoms with Crippen LogP contribution in [-0.4, -0.2) is 64.6 Å². The van der Waals surface area contributed by atoms with E-state index in [1.807, 2.05) is 55.5 Å². The van der Waals surface area contributed by atoms with Crippen molar-refractivity contribution in [1.82, 2.24) is 10.2 Å². The average Bonchev–Trinajstić information content (AvgIpc) is 3.47. The molecule has 0 aliphatic carbocycles. The first-order valence-corrected chi connectivity index (χ1v) is 15.2. The molecule has 1 fully saturated rings. The zero-order valence-electron chi connectivity index (χ0n) is 23.6. The number of carbonyl (C=O) groups is 1. The molecular formula is C31H39N3O5S. The molecule has 3 aromatic rings. The van der Waals surface area contributed by atoms with Crippen molar-refractivity contribution < 1.29 is 22.7 Å². The number of hydrogen-bond donors (Lipinski definition) is 1. The van der Waals surface area contributed by atoms with Crippen molar-refractivity contribution in [1.29, 1.82) is 0 Å². The lowest BCUT2D eigenvalue weighted by atomic mass is 9.99. The summed E-state index contributed by atoms with van der Waals surface area (Å²) in [5, 5.41) is 3.19. The monoisotopic (exact) mass is 565 g/mol. The number of methoxy groups -OCH3 is 1. The minimum absolute atomic E-state index is 0.0444. The normalized spacial score (nSPS) is 17.2. The van der Waals surface area contributed by atoms with Crippen LogP contribution in [0.15, 0.2) is 78.9 Å². The highest BCUT2D eigenvalue weighted by atomic mass is 32.2. The van der Waals surface area contributed by atoms with Crippen molar-refractivity contribution in [2.75, 3.05) is 37.5 Å². The molecule has 0 spiro atoms. The Morgan fingerprint density at radius 1 is 1.10 bits per heavy atom. The Hall–Kier alpha value is -3.40. The fraction of sp³-hybridized carbons (Fsp3) is 0.387. The number of carbonyl (C=O) groups excluding carboxylic acids is 1. The highest BCUT2D eigenvalue weighted by Gasteiger charge is 2.34. The zero-order valence-corrected chi connectivity index (χ0v) is 24.4. The van der Waals surface area contributed by atoms with E-state index in [-0.39, 0.29) is 29.8 Å². The van der Waals surface area contributed by atoms with Gasteiger partial charge in [0.15, 0.2) is 0 Å². The second-order valence-electron chi connectivity index (χ2n) is 10.2. The zero-order chi connectivity index (χ0) is 28.7. The van der Waals surface area contributed by atoms with Crippen molar-refractivity contribution in [2.24, 2.45) is 0 Å². The van der Waals surface area contributed by atoms with Crippen LogP contribution in [0.4, 0.5) is 5.69 Å². The number of amides is 1. The van der Waals surface area contributed by atoms with Gasteiger partial charge in [0.2, 0.25) is 10.0 Å². The van der Waals surface area contributed by atoms with E-state index in [4.69, 9.17) is 9.47 Å². The average molecular weight is 566 g/mol. The molecule has 4 rings (SSSR count). The molecule has 1 aliphatic heterocycles. The number of hydrogen-bond acceptors (Lipinski definition) is 6. The molecular weight excluding hydrogens is 526 g/mol. The topological polar surface area (TPSA) is 88.2 Å². The summed E-state index contributed by atoms with van der Waals surface area (Å²) in [6.07, 6.45) is 0.888. The van der Waals surface area contributed by atoms with Crippen LogP contribution in [0.25, 0.3) is 0 Å². The van der Waals surface area contributed by atoms with E-state index < -0.39 is 10.0 Å². The van der Waals surface area contributed by atoms with E-state index in [1.54, 1.807) is 31.4 Å². The number of ether oxygens (including phenoxy) is 2. The summed E-state index contributed by atoms with van der Waals surface area (Å²) in [7, 11) is -0.277. The van der Waals surface area contributed by atoms with Gasteiger partial charge in [-0.2, -0.15) is 0 Å². The summed E-state index contributed by atoms with van der Waals surface area (Å²) in [5.41, 5.74) is 3.07. The third-order valence-electron chi connectivity index (χ3n) is 7.41. The predicted octanol–water partition coefficient (Wildman–Crippen LogP) is 4.63. The summed E-state index contributed by atoms with van der Waals surface area (Å²) in [6.45, 7) is 5.06. The lowest BCUT2D eigenvalue weighted by molar-refractivity contribution is 0.0559. The summed E-state index contributed by atoms with van der Waals surface area (Å²) in [5.74, 6) is 0.584. The lowest BCUT2D eigenvalue weighted by Crippen LogP contribution is -2.46. The predicted molar refractivity (Wildman–Crippen MR) is 158 cm³/mol. The first-order chi connectivity index (χ1) is 19.2. The first kappa shape index (κ1) is 29.6. The van der Waals surface area contributed by atoms with Gasteiger partial charge in [0.25, 0.3) is 5.91 Å².